The zero-order valence-corrected chi connectivity index (χ0v) is 9.30. The van der Waals surface area contributed by atoms with Crippen LogP contribution in [0, 0.1) is 0 Å². The van der Waals surface area contributed by atoms with Crippen molar-refractivity contribution in [2.24, 2.45) is 0 Å². The number of rotatable bonds is 2. The quantitative estimate of drug-likeness (QED) is 0.707. The number of nitrogens with two attached hydrogens (primary N) is 1. The fraction of sp³-hybridized carbons (Fsp3) is 0. The zero-order valence-electron chi connectivity index (χ0n) is 9.30. The van der Waals surface area contributed by atoms with Crippen LogP contribution in [-0.4, -0.2) is 29.5 Å². The molecular weight excluding hydrogens is 230 g/mol. The third-order valence-electron chi connectivity index (χ3n) is 2.31. The van der Waals surface area contributed by atoms with E-state index in [1.807, 2.05) is 12.1 Å². The Morgan fingerprint density at radius 2 is 1.78 bits per heavy atom. The number of nitrogens with zero attached hydrogens (tertiary/aromatic N) is 6. The van der Waals surface area contributed by atoms with Crippen LogP contribution < -0.4 is 5.73 Å². The van der Waals surface area contributed by atoms with Crippen LogP contribution in [-0.2, 0) is 0 Å². The number of anilines is 1. The Morgan fingerprint density at radius 3 is 2.50 bits per heavy atom. The highest BCUT2D eigenvalue weighted by atomic mass is 15.2. The van der Waals surface area contributed by atoms with Gasteiger partial charge in [0.25, 0.3) is 0 Å². The minimum absolute atomic E-state index is 0.167. The van der Waals surface area contributed by atoms with Crippen LogP contribution >= 0.6 is 0 Å². The van der Waals surface area contributed by atoms with Crippen molar-refractivity contribution < 1.29 is 0 Å². The van der Waals surface area contributed by atoms with E-state index in [4.69, 9.17) is 5.73 Å². The molecule has 0 aromatic carbocycles. The van der Waals surface area contributed by atoms with Crippen molar-refractivity contribution >= 4 is 5.95 Å². The molecule has 0 unspecified atom stereocenters. The van der Waals surface area contributed by atoms with Gasteiger partial charge in [0.05, 0.1) is 0 Å². The average Bonchev–Trinajstić information content (AvgIpc) is 2.93. The molecule has 0 radical (unpaired) electrons. The van der Waals surface area contributed by atoms with Crippen molar-refractivity contribution in [1.82, 2.24) is 29.5 Å². The van der Waals surface area contributed by atoms with Gasteiger partial charge in [-0.1, -0.05) is 0 Å². The van der Waals surface area contributed by atoms with Gasteiger partial charge in [-0.05, 0) is 12.1 Å². The van der Waals surface area contributed by atoms with Crippen molar-refractivity contribution in [2.45, 2.75) is 0 Å². The van der Waals surface area contributed by atoms with E-state index < -0.39 is 0 Å². The van der Waals surface area contributed by atoms with Gasteiger partial charge < -0.3 is 5.73 Å². The van der Waals surface area contributed by atoms with E-state index in [9.17, 15) is 0 Å². The third-order valence-corrected chi connectivity index (χ3v) is 2.31. The molecule has 0 fully saturated rings. The smallest absolute Gasteiger partial charge is 0.240 e. The topological polar surface area (TPSA) is 95.4 Å². The molecule has 0 saturated carbocycles. The lowest BCUT2D eigenvalue weighted by molar-refractivity contribution is 0.906. The van der Waals surface area contributed by atoms with Gasteiger partial charge >= 0.3 is 0 Å². The standard InChI is InChI=1S/C11H9N7/c12-10-15-9(8-1-3-13-4-2-8)16-11(17-10)18-6-5-14-7-18/h1-7H,(H2,12,15,16,17). The summed E-state index contributed by atoms with van der Waals surface area (Å²) in [4.78, 5) is 20.4. The maximum absolute atomic E-state index is 5.69. The molecule has 18 heavy (non-hydrogen) atoms. The second-order valence-electron chi connectivity index (χ2n) is 3.52. The average molecular weight is 239 g/mol. The van der Waals surface area contributed by atoms with Crippen LogP contribution in [0.1, 0.15) is 0 Å². The molecule has 0 aliphatic carbocycles. The number of nitrogen functional groups attached to an aromatic ring is 1. The summed E-state index contributed by atoms with van der Waals surface area (Å²) >= 11 is 0. The SMILES string of the molecule is Nc1nc(-c2ccncc2)nc(-n2ccnc2)n1. The first-order valence-corrected chi connectivity index (χ1v) is 5.23. The third kappa shape index (κ3) is 1.88. The van der Waals surface area contributed by atoms with Crippen molar-refractivity contribution in [1.29, 1.82) is 0 Å². The first-order chi connectivity index (χ1) is 8.83. The number of pyridine rings is 1. The fourth-order valence-corrected chi connectivity index (χ4v) is 1.50. The molecule has 0 atom stereocenters. The van der Waals surface area contributed by atoms with Crippen LogP contribution in [0.5, 0.6) is 0 Å². The second kappa shape index (κ2) is 4.21. The highest BCUT2D eigenvalue weighted by molar-refractivity contribution is 5.55. The maximum Gasteiger partial charge on any atom is 0.240 e. The number of hydrogen-bond acceptors (Lipinski definition) is 6. The number of imidazole rings is 1. The molecule has 0 amide bonds. The molecule has 3 aromatic heterocycles. The van der Waals surface area contributed by atoms with E-state index in [2.05, 4.69) is 24.9 Å². The molecule has 0 spiro atoms. The van der Waals surface area contributed by atoms with Crippen LogP contribution in [0.25, 0.3) is 17.3 Å². The van der Waals surface area contributed by atoms with Gasteiger partial charge in [-0.3, -0.25) is 9.55 Å². The Bertz CT molecular complexity index is 648. The molecule has 3 heterocycles. The van der Waals surface area contributed by atoms with Crippen LogP contribution in [0.4, 0.5) is 5.95 Å². The predicted octanol–water partition coefficient (Wildman–Crippen LogP) is 0.701. The summed E-state index contributed by atoms with van der Waals surface area (Å²) in [6.07, 6.45) is 8.33. The Morgan fingerprint density at radius 1 is 0.944 bits per heavy atom. The van der Waals surface area contributed by atoms with E-state index >= 15 is 0 Å². The van der Waals surface area contributed by atoms with E-state index in [0.29, 0.717) is 11.8 Å². The highest BCUT2D eigenvalue weighted by Gasteiger charge is 2.07. The molecular formula is C11H9N7. The van der Waals surface area contributed by atoms with Crippen molar-refractivity contribution in [3.8, 4) is 17.3 Å². The maximum atomic E-state index is 5.69. The Hall–Kier alpha value is -2.83. The lowest BCUT2D eigenvalue weighted by Crippen LogP contribution is -2.06. The molecule has 0 bridgehead atoms. The summed E-state index contributed by atoms with van der Waals surface area (Å²) in [7, 11) is 0. The van der Waals surface area contributed by atoms with Gasteiger partial charge in [0.1, 0.15) is 6.33 Å². The van der Waals surface area contributed by atoms with Crippen molar-refractivity contribution in [3.63, 3.8) is 0 Å². The fourth-order valence-electron chi connectivity index (χ4n) is 1.50. The monoisotopic (exact) mass is 239 g/mol. The lowest BCUT2D eigenvalue weighted by Gasteiger charge is -2.04. The van der Waals surface area contributed by atoms with Crippen LogP contribution in [0.3, 0.4) is 0 Å². The lowest BCUT2D eigenvalue weighted by atomic mass is 10.2. The summed E-state index contributed by atoms with van der Waals surface area (Å²) in [6.45, 7) is 0. The summed E-state index contributed by atoms with van der Waals surface area (Å²) in [5.74, 6) is 1.11. The largest absolute Gasteiger partial charge is 0.368 e. The highest BCUT2D eigenvalue weighted by Crippen LogP contribution is 2.15. The van der Waals surface area contributed by atoms with Crippen LogP contribution in [0.15, 0.2) is 43.2 Å². The number of aromatic nitrogens is 6. The molecule has 88 valence electrons. The first kappa shape index (κ1) is 10.3. The summed E-state index contributed by atoms with van der Waals surface area (Å²) in [5, 5.41) is 0. The summed E-state index contributed by atoms with van der Waals surface area (Å²) in [5.41, 5.74) is 6.53. The minimum Gasteiger partial charge on any atom is -0.368 e. The van der Waals surface area contributed by atoms with E-state index in [1.54, 1.807) is 35.7 Å². The van der Waals surface area contributed by atoms with E-state index in [0.717, 1.165) is 5.56 Å². The molecule has 3 rings (SSSR count). The van der Waals surface area contributed by atoms with Gasteiger partial charge in [-0.25, -0.2) is 4.98 Å². The second-order valence-corrected chi connectivity index (χ2v) is 3.52. The molecule has 7 heteroatoms. The van der Waals surface area contributed by atoms with Gasteiger partial charge in [-0.15, -0.1) is 0 Å². The molecule has 2 N–H and O–H groups in total. The van der Waals surface area contributed by atoms with Crippen molar-refractivity contribution in [2.75, 3.05) is 5.73 Å². The van der Waals surface area contributed by atoms with E-state index in [-0.39, 0.29) is 5.95 Å². The summed E-state index contributed by atoms with van der Waals surface area (Å²) < 4.78 is 1.67. The van der Waals surface area contributed by atoms with Gasteiger partial charge in [-0.2, -0.15) is 15.0 Å². The van der Waals surface area contributed by atoms with E-state index in [1.165, 1.54) is 0 Å². The minimum atomic E-state index is 0.167. The zero-order chi connectivity index (χ0) is 12.4. The Labute approximate surface area is 102 Å². The van der Waals surface area contributed by atoms with Crippen molar-refractivity contribution in [3.05, 3.63) is 43.2 Å². The molecule has 3 aromatic rings. The van der Waals surface area contributed by atoms with Gasteiger partial charge in [0.15, 0.2) is 5.82 Å². The normalized spacial score (nSPS) is 10.4. The Balaban J connectivity index is 2.12. The molecule has 7 nitrogen and oxygen atoms in total. The van der Waals surface area contributed by atoms with Gasteiger partial charge in [0, 0.05) is 30.4 Å². The first-order valence-electron chi connectivity index (χ1n) is 5.23. The van der Waals surface area contributed by atoms with Gasteiger partial charge in [0.2, 0.25) is 11.9 Å². The molecule has 0 aliphatic heterocycles. The predicted molar refractivity (Wildman–Crippen MR) is 64.6 cm³/mol. The number of hydrogen-bond donors (Lipinski definition) is 1. The Kier molecular flexibility index (Phi) is 2.41. The van der Waals surface area contributed by atoms with Crippen LogP contribution in [0.2, 0.25) is 0 Å². The summed E-state index contributed by atoms with van der Waals surface area (Å²) in [6, 6.07) is 3.62. The molecule has 0 aliphatic rings. The molecule has 0 saturated heterocycles.